The fourth-order valence-electron chi connectivity index (χ4n) is 3.90. The average molecular weight is 465 g/mol. The maximum absolute atomic E-state index is 13.2. The van der Waals surface area contributed by atoms with Crippen molar-refractivity contribution in [2.45, 2.75) is 27.7 Å². The minimum atomic E-state index is -0.772. The number of carbonyl (C=O) groups excluding carboxylic acids is 2. The summed E-state index contributed by atoms with van der Waals surface area (Å²) in [7, 11) is 1.48. The zero-order valence-electron chi connectivity index (χ0n) is 19.9. The molecule has 0 bridgehead atoms. The van der Waals surface area contributed by atoms with Gasteiger partial charge in [0.05, 0.1) is 18.2 Å². The summed E-state index contributed by atoms with van der Waals surface area (Å²) in [5.41, 5.74) is -0.313. The molecular formula is C26H28N2O6. The molecule has 0 atom stereocenters. The van der Waals surface area contributed by atoms with Crippen LogP contribution in [0, 0.1) is 11.3 Å². The second-order valence-electron chi connectivity index (χ2n) is 9.44. The lowest BCUT2D eigenvalue weighted by molar-refractivity contribution is -0.127. The number of benzene rings is 2. The van der Waals surface area contributed by atoms with Crippen molar-refractivity contribution in [2.24, 2.45) is 11.3 Å². The van der Waals surface area contributed by atoms with E-state index in [0.717, 1.165) is 0 Å². The van der Waals surface area contributed by atoms with Crippen LogP contribution in [0.5, 0.6) is 11.5 Å². The molecule has 8 heteroatoms. The second-order valence-corrected chi connectivity index (χ2v) is 9.44. The highest BCUT2D eigenvalue weighted by Crippen LogP contribution is 2.38. The lowest BCUT2D eigenvalue weighted by atomic mass is 9.92. The molecule has 0 aliphatic carbocycles. The van der Waals surface area contributed by atoms with E-state index in [-0.39, 0.29) is 29.6 Å². The van der Waals surface area contributed by atoms with Gasteiger partial charge in [-0.3, -0.25) is 9.59 Å². The topological polar surface area (TPSA) is 98.1 Å². The van der Waals surface area contributed by atoms with Crippen LogP contribution < -0.4 is 25.3 Å². The smallest absolute Gasteiger partial charge is 0.349 e. The molecule has 2 aromatic carbocycles. The van der Waals surface area contributed by atoms with Gasteiger partial charge in [0.25, 0.3) is 5.91 Å². The van der Waals surface area contributed by atoms with E-state index < -0.39 is 16.9 Å². The van der Waals surface area contributed by atoms with Crippen LogP contribution in [0.15, 0.2) is 51.7 Å². The molecule has 0 fully saturated rings. The van der Waals surface area contributed by atoms with Crippen molar-refractivity contribution in [1.29, 1.82) is 0 Å². The van der Waals surface area contributed by atoms with Crippen LogP contribution in [-0.2, 0) is 4.79 Å². The third-order valence-electron chi connectivity index (χ3n) is 5.66. The van der Waals surface area contributed by atoms with Crippen LogP contribution in [0.3, 0.4) is 0 Å². The van der Waals surface area contributed by atoms with Crippen LogP contribution in [-0.4, -0.2) is 32.1 Å². The van der Waals surface area contributed by atoms with Crippen molar-refractivity contribution < 1.29 is 23.5 Å². The number of methoxy groups -OCH3 is 1. The average Bonchev–Trinajstić information content (AvgIpc) is 2.88. The van der Waals surface area contributed by atoms with Gasteiger partial charge in [-0.1, -0.05) is 26.0 Å². The number of ether oxygens (including phenoxy) is 2. The van der Waals surface area contributed by atoms with Crippen molar-refractivity contribution >= 4 is 34.2 Å². The van der Waals surface area contributed by atoms with Gasteiger partial charge in [0.15, 0.2) is 11.3 Å². The number of amides is 2. The molecule has 1 aliphatic heterocycles. The number of nitrogens with zero attached hydrogens (tertiary/aromatic N) is 1. The minimum absolute atomic E-state index is 0.0486. The highest BCUT2D eigenvalue weighted by Gasteiger charge is 2.38. The molecule has 4 rings (SSSR count). The lowest BCUT2D eigenvalue weighted by Crippen LogP contribution is -2.43. The molecule has 0 unspecified atom stereocenters. The number of hydrogen-bond donors (Lipinski definition) is 1. The molecule has 3 aromatic rings. The molecular weight excluding hydrogens is 436 g/mol. The monoisotopic (exact) mass is 464 g/mol. The summed E-state index contributed by atoms with van der Waals surface area (Å²) in [6.45, 7) is 8.53. The van der Waals surface area contributed by atoms with E-state index in [1.54, 1.807) is 41.3 Å². The van der Waals surface area contributed by atoms with Crippen LogP contribution >= 0.6 is 0 Å². The molecule has 1 N–H and O–H groups in total. The van der Waals surface area contributed by atoms with Gasteiger partial charge < -0.3 is 24.1 Å². The van der Waals surface area contributed by atoms with Crippen molar-refractivity contribution in [1.82, 2.24) is 0 Å². The fraction of sp³-hybridized carbons (Fsp3) is 0.346. The third kappa shape index (κ3) is 4.35. The Balaban J connectivity index is 1.69. The first-order valence-electron chi connectivity index (χ1n) is 11.1. The standard InChI is InChI=1S/C26H28N2O6/c1-15(2)13-28-19-12-17(9-10-20(19)33-14-26(3,4)25(28)31)27-23(29)18-11-16-7-6-8-21(32-5)22(16)34-24(18)30/h6-12,15H,13-14H2,1-5H3,(H,27,29). The normalized spacial score (nSPS) is 15.0. The molecule has 34 heavy (non-hydrogen) atoms. The van der Waals surface area contributed by atoms with Gasteiger partial charge in [-0.2, -0.15) is 0 Å². The van der Waals surface area contributed by atoms with Crippen molar-refractivity contribution in [3.63, 3.8) is 0 Å². The Labute approximate surface area is 197 Å². The van der Waals surface area contributed by atoms with E-state index in [1.807, 2.05) is 27.7 Å². The highest BCUT2D eigenvalue weighted by atomic mass is 16.5. The summed E-state index contributed by atoms with van der Waals surface area (Å²) < 4.78 is 16.5. The SMILES string of the molecule is COc1cccc2cc(C(=O)Nc3ccc4c(c3)N(CC(C)C)C(=O)C(C)(C)CO4)c(=O)oc12. The Morgan fingerprint density at radius 1 is 1.18 bits per heavy atom. The van der Waals surface area contributed by atoms with Crippen molar-refractivity contribution in [3.8, 4) is 11.5 Å². The maximum atomic E-state index is 13.2. The highest BCUT2D eigenvalue weighted by molar-refractivity contribution is 6.06. The summed E-state index contributed by atoms with van der Waals surface area (Å²) in [6.07, 6.45) is 0. The van der Waals surface area contributed by atoms with Crippen LogP contribution in [0.2, 0.25) is 0 Å². The van der Waals surface area contributed by atoms with Gasteiger partial charge in [-0.25, -0.2) is 4.79 Å². The largest absolute Gasteiger partial charge is 0.493 e. The Hall–Kier alpha value is -3.81. The molecule has 0 spiro atoms. The number of rotatable bonds is 5. The molecule has 0 saturated heterocycles. The summed E-state index contributed by atoms with van der Waals surface area (Å²) in [6, 6.07) is 11.7. The van der Waals surface area contributed by atoms with E-state index in [4.69, 9.17) is 13.9 Å². The van der Waals surface area contributed by atoms with Gasteiger partial charge >= 0.3 is 5.63 Å². The number of fused-ring (bicyclic) bond motifs is 2. The van der Waals surface area contributed by atoms with E-state index in [1.165, 1.54) is 13.2 Å². The van der Waals surface area contributed by atoms with Gasteiger partial charge in [0, 0.05) is 17.6 Å². The minimum Gasteiger partial charge on any atom is -0.493 e. The van der Waals surface area contributed by atoms with Gasteiger partial charge in [0.1, 0.15) is 17.9 Å². The third-order valence-corrected chi connectivity index (χ3v) is 5.66. The number of nitrogens with one attached hydrogen (secondary N) is 1. The molecule has 1 aliphatic rings. The van der Waals surface area contributed by atoms with E-state index in [2.05, 4.69) is 5.32 Å². The first-order chi connectivity index (χ1) is 16.1. The Kier molecular flexibility index (Phi) is 6.08. The van der Waals surface area contributed by atoms with Crippen molar-refractivity contribution in [3.05, 3.63) is 58.4 Å². The molecule has 178 valence electrons. The lowest BCUT2D eigenvalue weighted by Gasteiger charge is -2.29. The molecule has 8 nitrogen and oxygen atoms in total. The van der Waals surface area contributed by atoms with E-state index >= 15 is 0 Å². The number of anilines is 2. The number of hydrogen-bond acceptors (Lipinski definition) is 6. The van der Waals surface area contributed by atoms with Gasteiger partial charge in [0.2, 0.25) is 5.91 Å². The van der Waals surface area contributed by atoms with Crippen LogP contribution in [0.4, 0.5) is 11.4 Å². The van der Waals surface area contributed by atoms with Gasteiger partial charge in [-0.05, 0) is 50.1 Å². The zero-order valence-corrected chi connectivity index (χ0v) is 19.9. The van der Waals surface area contributed by atoms with E-state index in [0.29, 0.717) is 34.8 Å². The quantitative estimate of drug-likeness (QED) is 0.560. The Morgan fingerprint density at radius 3 is 2.65 bits per heavy atom. The predicted molar refractivity (Wildman–Crippen MR) is 130 cm³/mol. The maximum Gasteiger partial charge on any atom is 0.349 e. The zero-order chi connectivity index (χ0) is 24.6. The molecule has 2 heterocycles. The Bertz CT molecular complexity index is 1320. The van der Waals surface area contributed by atoms with Gasteiger partial charge in [-0.15, -0.1) is 0 Å². The second kappa shape index (κ2) is 8.85. The predicted octanol–water partition coefficient (Wildman–Crippen LogP) is 4.46. The summed E-state index contributed by atoms with van der Waals surface area (Å²) in [5.74, 6) is 0.533. The summed E-state index contributed by atoms with van der Waals surface area (Å²) >= 11 is 0. The summed E-state index contributed by atoms with van der Waals surface area (Å²) in [4.78, 5) is 40.5. The summed E-state index contributed by atoms with van der Waals surface area (Å²) in [5, 5.41) is 3.31. The first kappa shape index (κ1) is 23.4. The van der Waals surface area contributed by atoms with Crippen LogP contribution in [0.1, 0.15) is 38.1 Å². The van der Waals surface area contributed by atoms with Crippen LogP contribution in [0.25, 0.3) is 11.0 Å². The molecule has 0 saturated carbocycles. The van der Waals surface area contributed by atoms with E-state index in [9.17, 15) is 14.4 Å². The number of para-hydroxylation sites is 1. The number of carbonyl (C=O) groups is 2. The molecule has 0 radical (unpaired) electrons. The molecule has 2 amide bonds. The van der Waals surface area contributed by atoms with Crippen molar-refractivity contribution in [2.75, 3.05) is 30.5 Å². The molecule has 1 aromatic heterocycles. The fourth-order valence-corrected chi connectivity index (χ4v) is 3.90. The first-order valence-corrected chi connectivity index (χ1v) is 11.1. The Morgan fingerprint density at radius 2 is 1.94 bits per heavy atom.